The third-order valence-corrected chi connectivity index (χ3v) is 3.98. The van der Waals surface area contributed by atoms with Gasteiger partial charge in [-0.05, 0) is 30.9 Å². The van der Waals surface area contributed by atoms with Gasteiger partial charge in [0.15, 0.2) is 11.0 Å². The summed E-state index contributed by atoms with van der Waals surface area (Å²) < 4.78 is 0. The minimum absolute atomic E-state index is 0.235. The number of aromatic nitrogens is 2. The quantitative estimate of drug-likeness (QED) is 0.889. The number of hydrogen-bond acceptors (Lipinski definition) is 4. The fourth-order valence-electron chi connectivity index (χ4n) is 2.64. The standard InChI is InChI=1S/C13H16ClN3O3/c1-2-7-5-8(9(6-7)13(19)20)12(18)15-11-4-3-10(14)16-17-11/h3-4,7-9H,2,5-6H2,1H3,(H,19,20)(H,15,17,18). The van der Waals surface area contributed by atoms with Gasteiger partial charge >= 0.3 is 5.97 Å². The largest absolute Gasteiger partial charge is 0.481 e. The van der Waals surface area contributed by atoms with Crippen LogP contribution >= 0.6 is 11.6 Å². The maximum absolute atomic E-state index is 12.2. The van der Waals surface area contributed by atoms with Crippen LogP contribution < -0.4 is 5.32 Å². The van der Waals surface area contributed by atoms with Crippen molar-refractivity contribution in [1.82, 2.24) is 10.2 Å². The van der Waals surface area contributed by atoms with E-state index in [9.17, 15) is 14.7 Å². The van der Waals surface area contributed by atoms with Gasteiger partial charge in [0.05, 0.1) is 11.8 Å². The van der Waals surface area contributed by atoms with Crippen molar-refractivity contribution in [2.24, 2.45) is 17.8 Å². The SMILES string of the molecule is CCC1CC(C(=O)O)C(C(=O)Nc2ccc(Cl)nn2)C1. The van der Waals surface area contributed by atoms with E-state index in [1.165, 1.54) is 12.1 Å². The molecule has 3 unspecified atom stereocenters. The van der Waals surface area contributed by atoms with E-state index < -0.39 is 17.8 Å². The molecule has 0 radical (unpaired) electrons. The first-order chi connectivity index (χ1) is 9.51. The summed E-state index contributed by atoms with van der Waals surface area (Å²) in [7, 11) is 0. The van der Waals surface area contributed by atoms with Crippen molar-refractivity contribution in [1.29, 1.82) is 0 Å². The van der Waals surface area contributed by atoms with Crippen molar-refractivity contribution < 1.29 is 14.7 Å². The van der Waals surface area contributed by atoms with E-state index in [1.54, 1.807) is 0 Å². The Morgan fingerprint density at radius 3 is 2.60 bits per heavy atom. The molecule has 1 saturated carbocycles. The monoisotopic (exact) mass is 297 g/mol. The molecule has 20 heavy (non-hydrogen) atoms. The van der Waals surface area contributed by atoms with Crippen molar-refractivity contribution in [3.63, 3.8) is 0 Å². The molecule has 0 saturated heterocycles. The first-order valence-electron chi connectivity index (χ1n) is 6.54. The van der Waals surface area contributed by atoms with E-state index in [1.807, 2.05) is 6.92 Å². The summed E-state index contributed by atoms with van der Waals surface area (Å²) in [5.41, 5.74) is 0. The summed E-state index contributed by atoms with van der Waals surface area (Å²) in [6.07, 6.45) is 2.03. The first-order valence-corrected chi connectivity index (χ1v) is 6.92. The molecule has 7 heteroatoms. The van der Waals surface area contributed by atoms with Gasteiger partial charge in [0.1, 0.15) is 0 Å². The number of carboxylic acid groups (broad SMARTS) is 1. The predicted molar refractivity (Wildman–Crippen MR) is 73.3 cm³/mol. The van der Waals surface area contributed by atoms with E-state index in [2.05, 4.69) is 15.5 Å². The predicted octanol–water partition coefficient (Wildman–Crippen LogP) is 2.21. The molecule has 0 aromatic carbocycles. The van der Waals surface area contributed by atoms with E-state index in [-0.39, 0.29) is 22.8 Å². The normalized spacial score (nSPS) is 25.4. The van der Waals surface area contributed by atoms with Crippen LogP contribution in [0.4, 0.5) is 5.82 Å². The summed E-state index contributed by atoms with van der Waals surface area (Å²) in [5, 5.41) is 19.4. The second-order valence-corrected chi connectivity index (χ2v) is 5.41. The second-order valence-electron chi connectivity index (χ2n) is 5.03. The molecule has 1 fully saturated rings. The van der Waals surface area contributed by atoms with Crippen molar-refractivity contribution >= 4 is 29.3 Å². The van der Waals surface area contributed by atoms with Crippen molar-refractivity contribution in [2.75, 3.05) is 5.32 Å². The maximum atomic E-state index is 12.2. The van der Waals surface area contributed by atoms with Crippen molar-refractivity contribution in [2.45, 2.75) is 26.2 Å². The number of nitrogens with one attached hydrogen (secondary N) is 1. The van der Waals surface area contributed by atoms with E-state index >= 15 is 0 Å². The fourth-order valence-corrected chi connectivity index (χ4v) is 2.74. The molecule has 1 aliphatic carbocycles. The highest BCUT2D eigenvalue weighted by Crippen LogP contribution is 2.38. The number of rotatable bonds is 4. The number of carbonyl (C=O) groups excluding carboxylic acids is 1. The number of amides is 1. The van der Waals surface area contributed by atoms with Crippen LogP contribution in [0.25, 0.3) is 0 Å². The van der Waals surface area contributed by atoms with E-state index in [0.717, 1.165) is 6.42 Å². The van der Waals surface area contributed by atoms with Crippen LogP contribution in [0.3, 0.4) is 0 Å². The van der Waals surface area contributed by atoms with Crippen molar-refractivity contribution in [3.05, 3.63) is 17.3 Å². The molecule has 0 bridgehead atoms. The Labute approximate surface area is 121 Å². The van der Waals surface area contributed by atoms with Crippen LogP contribution in [-0.4, -0.2) is 27.2 Å². The molecule has 2 N–H and O–H groups in total. The van der Waals surface area contributed by atoms with Gasteiger partial charge in [-0.25, -0.2) is 0 Å². The second kappa shape index (κ2) is 6.17. The minimum Gasteiger partial charge on any atom is -0.481 e. The van der Waals surface area contributed by atoms with Gasteiger partial charge in [0.25, 0.3) is 0 Å². The van der Waals surface area contributed by atoms with Crippen molar-refractivity contribution in [3.8, 4) is 0 Å². The van der Waals surface area contributed by atoms with Gasteiger partial charge in [-0.15, -0.1) is 10.2 Å². The van der Waals surface area contributed by atoms with Gasteiger partial charge in [0, 0.05) is 0 Å². The number of carboxylic acids is 1. The Bertz CT molecular complexity index is 506. The lowest BCUT2D eigenvalue weighted by atomic mass is 9.95. The average Bonchev–Trinajstić information content (AvgIpc) is 2.86. The summed E-state index contributed by atoms with van der Waals surface area (Å²) in [4.78, 5) is 23.5. The number of nitrogens with zero attached hydrogens (tertiary/aromatic N) is 2. The number of aliphatic carboxylic acids is 1. The molecule has 1 aromatic rings. The Kier molecular flexibility index (Phi) is 4.54. The number of anilines is 1. The molecule has 0 aliphatic heterocycles. The smallest absolute Gasteiger partial charge is 0.307 e. The highest BCUT2D eigenvalue weighted by Gasteiger charge is 2.42. The molecule has 0 spiro atoms. The van der Waals surface area contributed by atoms with Crippen LogP contribution in [0.1, 0.15) is 26.2 Å². The molecular formula is C13H16ClN3O3. The van der Waals surface area contributed by atoms with E-state index in [4.69, 9.17) is 11.6 Å². The highest BCUT2D eigenvalue weighted by molar-refractivity contribution is 6.29. The third-order valence-electron chi connectivity index (χ3n) is 3.77. The molecule has 1 heterocycles. The Hall–Kier alpha value is -1.69. The van der Waals surface area contributed by atoms with Crippen LogP contribution in [0.5, 0.6) is 0 Å². The van der Waals surface area contributed by atoms with E-state index in [0.29, 0.717) is 12.8 Å². The zero-order chi connectivity index (χ0) is 14.7. The average molecular weight is 298 g/mol. The zero-order valence-corrected chi connectivity index (χ0v) is 11.8. The third kappa shape index (κ3) is 3.25. The topological polar surface area (TPSA) is 92.2 Å². The zero-order valence-electron chi connectivity index (χ0n) is 11.0. The number of carbonyl (C=O) groups is 2. The summed E-state index contributed by atoms with van der Waals surface area (Å²) >= 11 is 5.61. The Morgan fingerprint density at radius 2 is 2.05 bits per heavy atom. The lowest BCUT2D eigenvalue weighted by Gasteiger charge is -2.14. The molecule has 3 atom stereocenters. The molecule has 6 nitrogen and oxygen atoms in total. The Balaban J connectivity index is 2.07. The molecule has 108 valence electrons. The van der Waals surface area contributed by atoms with Crippen LogP contribution in [0, 0.1) is 17.8 Å². The lowest BCUT2D eigenvalue weighted by Crippen LogP contribution is -2.30. The number of halogens is 1. The van der Waals surface area contributed by atoms with Gasteiger partial charge in [-0.3, -0.25) is 9.59 Å². The van der Waals surface area contributed by atoms with Gasteiger partial charge in [-0.2, -0.15) is 0 Å². The molecule has 1 amide bonds. The Morgan fingerprint density at radius 1 is 1.35 bits per heavy atom. The fraction of sp³-hybridized carbons (Fsp3) is 0.538. The molecular weight excluding hydrogens is 282 g/mol. The first kappa shape index (κ1) is 14.7. The lowest BCUT2D eigenvalue weighted by molar-refractivity contribution is -0.145. The molecule has 1 aromatic heterocycles. The summed E-state index contributed by atoms with van der Waals surface area (Å²) in [6.45, 7) is 2.01. The summed E-state index contributed by atoms with van der Waals surface area (Å²) in [5.74, 6) is -1.81. The van der Waals surface area contributed by atoms with Gasteiger partial charge < -0.3 is 10.4 Å². The molecule has 2 rings (SSSR count). The summed E-state index contributed by atoms with van der Waals surface area (Å²) in [6, 6.07) is 3.05. The molecule has 1 aliphatic rings. The van der Waals surface area contributed by atoms with Crippen LogP contribution in [0.15, 0.2) is 12.1 Å². The highest BCUT2D eigenvalue weighted by atomic mass is 35.5. The van der Waals surface area contributed by atoms with Crippen LogP contribution in [0.2, 0.25) is 5.15 Å². The number of hydrogen-bond donors (Lipinski definition) is 2. The van der Waals surface area contributed by atoms with Gasteiger partial charge in [-0.1, -0.05) is 24.9 Å². The maximum Gasteiger partial charge on any atom is 0.307 e. The minimum atomic E-state index is -0.914. The van der Waals surface area contributed by atoms with Crippen LogP contribution in [-0.2, 0) is 9.59 Å². The van der Waals surface area contributed by atoms with Gasteiger partial charge in [0.2, 0.25) is 5.91 Å².